The molecule has 4 heteroatoms. The second kappa shape index (κ2) is 5.30. The fraction of sp³-hybridized carbons (Fsp3) is 0.231. The zero-order valence-corrected chi connectivity index (χ0v) is 9.97. The van der Waals surface area contributed by atoms with E-state index >= 15 is 0 Å². The van der Waals surface area contributed by atoms with E-state index in [2.05, 4.69) is 15.3 Å². The minimum Gasteiger partial charge on any atom is -0.497 e. The van der Waals surface area contributed by atoms with Crippen LogP contribution in [0.2, 0.25) is 0 Å². The Morgan fingerprint density at radius 2 is 2.18 bits per heavy atom. The first kappa shape index (κ1) is 11.4. The van der Waals surface area contributed by atoms with Crippen molar-refractivity contribution in [3.8, 4) is 5.75 Å². The minimum atomic E-state index is 0.668. The normalized spacial score (nSPS) is 10.0. The zero-order valence-electron chi connectivity index (χ0n) is 9.97. The number of hydrogen-bond donors (Lipinski definition) is 1. The summed E-state index contributed by atoms with van der Waals surface area (Å²) < 4.78 is 5.16. The van der Waals surface area contributed by atoms with Crippen LogP contribution in [-0.4, -0.2) is 17.1 Å². The van der Waals surface area contributed by atoms with E-state index in [0.717, 1.165) is 22.7 Å². The van der Waals surface area contributed by atoms with E-state index in [9.17, 15) is 0 Å². The number of aromatic nitrogens is 2. The molecule has 4 nitrogen and oxygen atoms in total. The van der Waals surface area contributed by atoms with Crippen molar-refractivity contribution in [1.29, 1.82) is 0 Å². The van der Waals surface area contributed by atoms with Crippen molar-refractivity contribution >= 4 is 5.69 Å². The summed E-state index contributed by atoms with van der Waals surface area (Å²) in [5, 5.41) is 3.32. The number of aryl methyl sites for hydroxylation is 1. The van der Waals surface area contributed by atoms with Gasteiger partial charge in [-0.05, 0) is 30.7 Å². The summed E-state index contributed by atoms with van der Waals surface area (Å²) in [5.74, 6) is 0.868. The topological polar surface area (TPSA) is 47.0 Å². The number of ether oxygens (including phenoxy) is 1. The molecule has 0 amide bonds. The van der Waals surface area contributed by atoms with Gasteiger partial charge in [-0.2, -0.15) is 0 Å². The Balaban J connectivity index is 2.04. The van der Waals surface area contributed by atoms with Crippen LogP contribution in [0.4, 0.5) is 5.69 Å². The number of hydrogen-bond acceptors (Lipinski definition) is 4. The molecular formula is C13H15N3O. The molecule has 2 aromatic rings. The maximum absolute atomic E-state index is 5.16. The summed E-state index contributed by atoms with van der Waals surface area (Å²) in [6, 6.07) is 5.94. The van der Waals surface area contributed by atoms with E-state index in [1.54, 1.807) is 25.7 Å². The van der Waals surface area contributed by atoms with E-state index in [4.69, 9.17) is 4.74 Å². The van der Waals surface area contributed by atoms with Crippen LogP contribution >= 0.6 is 0 Å². The van der Waals surface area contributed by atoms with Gasteiger partial charge in [-0.25, -0.2) is 0 Å². The number of nitrogens with zero attached hydrogens (tertiary/aromatic N) is 2. The summed E-state index contributed by atoms with van der Waals surface area (Å²) >= 11 is 0. The van der Waals surface area contributed by atoms with Crippen molar-refractivity contribution in [3.63, 3.8) is 0 Å². The average molecular weight is 229 g/mol. The van der Waals surface area contributed by atoms with Crippen LogP contribution in [0.1, 0.15) is 11.3 Å². The molecule has 1 N–H and O–H groups in total. The van der Waals surface area contributed by atoms with Gasteiger partial charge in [-0.3, -0.25) is 9.97 Å². The molecule has 0 spiro atoms. The largest absolute Gasteiger partial charge is 0.497 e. The van der Waals surface area contributed by atoms with Crippen molar-refractivity contribution in [3.05, 3.63) is 48.0 Å². The first-order valence-corrected chi connectivity index (χ1v) is 5.43. The standard InChI is InChI=1S/C13H15N3O/c1-10-7-12(17-2)3-4-13(10)16-9-11-8-14-5-6-15-11/h3-8,16H,9H2,1-2H3. The number of benzene rings is 1. The molecule has 1 aromatic heterocycles. The smallest absolute Gasteiger partial charge is 0.119 e. The Hall–Kier alpha value is -2.10. The van der Waals surface area contributed by atoms with Gasteiger partial charge in [0.2, 0.25) is 0 Å². The SMILES string of the molecule is COc1ccc(NCc2cnccn2)c(C)c1. The molecule has 0 aliphatic heterocycles. The molecule has 0 atom stereocenters. The van der Waals surface area contributed by atoms with Crippen molar-refractivity contribution < 1.29 is 4.74 Å². The molecule has 0 fully saturated rings. The Bertz CT molecular complexity index is 485. The number of nitrogens with one attached hydrogen (secondary N) is 1. The van der Waals surface area contributed by atoms with Gasteiger partial charge in [0.15, 0.2) is 0 Å². The Morgan fingerprint density at radius 3 is 2.82 bits per heavy atom. The predicted octanol–water partition coefficient (Wildman–Crippen LogP) is 2.41. The van der Waals surface area contributed by atoms with E-state index in [-0.39, 0.29) is 0 Å². The van der Waals surface area contributed by atoms with Gasteiger partial charge >= 0.3 is 0 Å². The Labute approximate surface area is 101 Å². The Kier molecular flexibility index (Phi) is 3.55. The van der Waals surface area contributed by atoms with Gasteiger partial charge in [-0.15, -0.1) is 0 Å². The molecule has 0 radical (unpaired) electrons. The first-order valence-electron chi connectivity index (χ1n) is 5.43. The van der Waals surface area contributed by atoms with Crippen molar-refractivity contribution in [2.45, 2.75) is 13.5 Å². The second-order valence-corrected chi connectivity index (χ2v) is 3.73. The second-order valence-electron chi connectivity index (χ2n) is 3.73. The summed E-state index contributed by atoms with van der Waals surface area (Å²) in [6.45, 7) is 2.71. The fourth-order valence-electron chi connectivity index (χ4n) is 1.57. The van der Waals surface area contributed by atoms with Gasteiger partial charge in [-0.1, -0.05) is 0 Å². The quantitative estimate of drug-likeness (QED) is 0.874. The molecule has 1 aromatic carbocycles. The van der Waals surface area contributed by atoms with Crippen LogP contribution in [0.3, 0.4) is 0 Å². The predicted molar refractivity (Wildman–Crippen MR) is 67.1 cm³/mol. The van der Waals surface area contributed by atoms with Crippen LogP contribution < -0.4 is 10.1 Å². The lowest BCUT2D eigenvalue weighted by molar-refractivity contribution is 0.414. The lowest BCUT2D eigenvalue weighted by atomic mass is 10.2. The van der Waals surface area contributed by atoms with Gasteiger partial charge in [0.05, 0.1) is 25.5 Å². The van der Waals surface area contributed by atoms with E-state index in [1.165, 1.54) is 0 Å². The molecular weight excluding hydrogens is 214 g/mol. The summed E-state index contributed by atoms with van der Waals surface area (Å²) in [5.41, 5.74) is 3.15. The highest BCUT2D eigenvalue weighted by atomic mass is 16.5. The third-order valence-corrected chi connectivity index (χ3v) is 2.51. The van der Waals surface area contributed by atoms with Crippen molar-refractivity contribution in [2.75, 3.05) is 12.4 Å². The van der Waals surface area contributed by atoms with Gasteiger partial charge in [0.1, 0.15) is 5.75 Å². The summed E-state index contributed by atoms with van der Waals surface area (Å²) in [7, 11) is 1.67. The number of rotatable bonds is 4. The third-order valence-electron chi connectivity index (χ3n) is 2.51. The summed E-state index contributed by atoms with van der Waals surface area (Å²) in [4.78, 5) is 8.23. The first-order chi connectivity index (χ1) is 8.29. The van der Waals surface area contributed by atoms with Crippen LogP contribution in [0, 0.1) is 6.92 Å². The minimum absolute atomic E-state index is 0.668. The van der Waals surface area contributed by atoms with Crippen LogP contribution in [0.25, 0.3) is 0 Å². The van der Waals surface area contributed by atoms with E-state index < -0.39 is 0 Å². The molecule has 0 bridgehead atoms. The fourth-order valence-corrected chi connectivity index (χ4v) is 1.57. The molecule has 1 heterocycles. The maximum atomic E-state index is 5.16. The molecule has 0 aliphatic carbocycles. The van der Waals surface area contributed by atoms with Crippen molar-refractivity contribution in [1.82, 2.24) is 9.97 Å². The van der Waals surface area contributed by atoms with Crippen LogP contribution in [0.15, 0.2) is 36.8 Å². The van der Waals surface area contributed by atoms with Gasteiger partial charge < -0.3 is 10.1 Å². The van der Waals surface area contributed by atoms with Crippen LogP contribution in [-0.2, 0) is 6.54 Å². The molecule has 0 unspecified atom stereocenters. The zero-order chi connectivity index (χ0) is 12.1. The molecule has 0 aliphatic rings. The highest BCUT2D eigenvalue weighted by molar-refractivity contribution is 5.53. The molecule has 88 valence electrons. The van der Waals surface area contributed by atoms with Crippen LogP contribution in [0.5, 0.6) is 5.75 Å². The lowest BCUT2D eigenvalue weighted by Gasteiger charge is -2.10. The summed E-state index contributed by atoms with van der Waals surface area (Å²) in [6.07, 6.45) is 5.12. The van der Waals surface area contributed by atoms with Gasteiger partial charge in [0.25, 0.3) is 0 Å². The molecule has 17 heavy (non-hydrogen) atoms. The lowest BCUT2D eigenvalue weighted by Crippen LogP contribution is -2.03. The van der Waals surface area contributed by atoms with E-state index in [0.29, 0.717) is 6.54 Å². The average Bonchev–Trinajstić information content (AvgIpc) is 2.38. The highest BCUT2D eigenvalue weighted by Crippen LogP contribution is 2.21. The van der Waals surface area contributed by atoms with Crippen molar-refractivity contribution in [2.24, 2.45) is 0 Å². The van der Waals surface area contributed by atoms with E-state index in [1.807, 2.05) is 25.1 Å². The monoisotopic (exact) mass is 229 g/mol. The number of methoxy groups -OCH3 is 1. The number of anilines is 1. The molecule has 0 saturated heterocycles. The van der Waals surface area contributed by atoms with Gasteiger partial charge in [0, 0.05) is 18.1 Å². The third kappa shape index (κ3) is 2.93. The Morgan fingerprint density at radius 1 is 1.29 bits per heavy atom. The molecule has 2 rings (SSSR count). The maximum Gasteiger partial charge on any atom is 0.119 e. The molecule has 0 saturated carbocycles. The highest BCUT2D eigenvalue weighted by Gasteiger charge is 2.00.